The number of carbonyl (C=O) groups is 2. The van der Waals surface area contributed by atoms with Crippen molar-refractivity contribution in [3.8, 4) is 5.75 Å². The number of piperidine rings is 1. The third kappa shape index (κ3) is 3.55. The Bertz CT molecular complexity index is 906. The Balaban J connectivity index is 1.41. The lowest BCUT2D eigenvalue weighted by atomic mass is 9.62. The fraction of sp³-hybridized carbons (Fsp3) is 0.417. The van der Waals surface area contributed by atoms with E-state index in [1.807, 2.05) is 36.9 Å². The third-order valence-electron chi connectivity index (χ3n) is 6.32. The zero-order chi connectivity index (χ0) is 21.3. The van der Waals surface area contributed by atoms with Gasteiger partial charge in [0.15, 0.2) is 6.61 Å². The lowest BCUT2D eigenvalue weighted by Gasteiger charge is -2.60. The van der Waals surface area contributed by atoms with Crippen molar-refractivity contribution in [2.45, 2.75) is 38.8 Å². The first-order chi connectivity index (χ1) is 14.4. The van der Waals surface area contributed by atoms with Crippen LogP contribution in [-0.2, 0) is 9.59 Å². The molecule has 6 heteroatoms. The van der Waals surface area contributed by atoms with Gasteiger partial charge in [0.05, 0.1) is 11.5 Å². The van der Waals surface area contributed by atoms with Crippen molar-refractivity contribution in [3.63, 3.8) is 0 Å². The topological polar surface area (TPSA) is 49.9 Å². The SMILES string of the molecule is CC(C)N1C(=O)C2(CCN(C(=O)COc3ccc(F)cc3)CC2)C1c1ccccc1. The number of nitrogens with zero attached hydrogens (tertiary/aromatic N) is 2. The third-order valence-corrected chi connectivity index (χ3v) is 6.32. The molecule has 1 spiro atoms. The minimum absolute atomic E-state index is 0.0546. The molecule has 2 heterocycles. The van der Waals surface area contributed by atoms with Crippen molar-refractivity contribution in [2.24, 2.45) is 5.41 Å². The van der Waals surface area contributed by atoms with Gasteiger partial charge in [-0.2, -0.15) is 0 Å². The lowest BCUT2D eigenvalue weighted by molar-refractivity contribution is -0.186. The van der Waals surface area contributed by atoms with Gasteiger partial charge in [0.25, 0.3) is 5.91 Å². The molecule has 1 unspecified atom stereocenters. The zero-order valence-corrected chi connectivity index (χ0v) is 17.4. The Morgan fingerprint density at radius 1 is 1.10 bits per heavy atom. The highest BCUT2D eigenvalue weighted by Crippen LogP contribution is 2.56. The molecule has 0 saturated carbocycles. The molecule has 0 aromatic heterocycles. The zero-order valence-electron chi connectivity index (χ0n) is 17.4. The number of hydrogen-bond donors (Lipinski definition) is 0. The fourth-order valence-corrected chi connectivity index (χ4v) is 4.75. The van der Waals surface area contributed by atoms with Crippen molar-refractivity contribution >= 4 is 11.8 Å². The molecule has 2 aliphatic rings. The van der Waals surface area contributed by atoms with Crippen LogP contribution >= 0.6 is 0 Å². The molecule has 0 aliphatic carbocycles. The monoisotopic (exact) mass is 410 g/mol. The minimum atomic E-state index is -0.430. The van der Waals surface area contributed by atoms with Gasteiger partial charge in [-0.1, -0.05) is 30.3 Å². The van der Waals surface area contributed by atoms with E-state index in [0.29, 0.717) is 31.7 Å². The Morgan fingerprint density at radius 3 is 2.33 bits per heavy atom. The summed E-state index contributed by atoms with van der Waals surface area (Å²) in [7, 11) is 0. The largest absolute Gasteiger partial charge is 0.484 e. The number of amides is 2. The molecule has 5 nitrogen and oxygen atoms in total. The summed E-state index contributed by atoms with van der Waals surface area (Å²) in [6.45, 7) is 5.07. The molecular weight excluding hydrogens is 383 g/mol. The van der Waals surface area contributed by atoms with Gasteiger partial charge in [-0.25, -0.2) is 4.39 Å². The molecule has 0 radical (unpaired) electrons. The Hall–Kier alpha value is -2.89. The second kappa shape index (κ2) is 8.09. The van der Waals surface area contributed by atoms with Gasteiger partial charge in [-0.3, -0.25) is 9.59 Å². The van der Waals surface area contributed by atoms with Crippen LogP contribution in [0.2, 0.25) is 0 Å². The molecule has 2 aromatic carbocycles. The molecular formula is C24H27FN2O3. The molecule has 4 rings (SSSR count). The van der Waals surface area contributed by atoms with Crippen LogP contribution in [0.5, 0.6) is 5.75 Å². The van der Waals surface area contributed by atoms with Gasteiger partial charge in [0.1, 0.15) is 11.6 Å². The fourth-order valence-electron chi connectivity index (χ4n) is 4.75. The number of carbonyl (C=O) groups excluding carboxylic acids is 2. The van der Waals surface area contributed by atoms with Crippen molar-refractivity contribution in [2.75, 3.05) is 19.7 Å². The van der Waals surface area contributed by atoms with Gasteiger partial charge in [-0.05, 0) is 56.5 Å². The first-order valence-electron chi connectivity index (χ1n) is 10.5. The molecule has 2 amide bonds. The Labute approximate surface area is 176 Å². The highest BCUT2D eigenvalue weighted by molar-refractivity contribution is 5.91. The average Bonchev–Trinajstić information content (AvgIpc) is 2.76. The van der Waals surface area contributed by atoms with Crippen LogP contribution in [0.15, 0.2) is 54.6 Å². The maximum Gasteiger partial charge on any atom is 0.260 e. The van der Waals surface area contributed by atoms with Gasteiger partial charge < -0.3 is 14.5 Å². The molecule has 2 fully saturated rings. The highest BCUT2D eigenvalue weighted by Gasteiger charge is 2.62. The minimum Gasteiger partial charge on any atom is -0.484 e. The van der Waals surface area contributed by atoms with Gasteiger partial charge in [0.2, 0.25) is 5.91 Å². The van der Waals surface area contributed by atoms with E-state index in [1.54, 1.807) is 4.90 Å². The summed E-state index contributed by atoms with van der Waals surface area (Å²) in [5.41, 5.74) is 0.727. The Kier molecular flexibility index (Phi) is 5.50. The number of benzene rings is 2. The Morgan fingerprint density at radius 2 is 1.73 bits per heavy atom. The van der Waals surface area contributed by atoms with E-state index in [0.717, 1.165) is 5.56 Å². The number of ether oxygens (including phenoxy) is 1. The van der Waals surface area contributed by atoms with E-state index in [1.165, 1.54) is 24.3 Å². The van der Waals surface area contributed by atoms with Gasteiger partial charge >= 0.3 is 0 Å². The smallest absolute Gasteiger partial charge is 0.260 e. The van der Waals surface area contributed by atoms with E-state index in [-0.39, 0.29) is 36.3 Å². The van der Waals surface area contributed by atoms with E-state index < -0.39 is 5.41 Å². The lowest BCUT2D eigenvalue weighted by Crippen LogP contribution is -2.68. The van der Waals surface area contributed by atoms with Gasteiger partial charge in [-0.15, -0.1) is 0 Å². The van der Waals surface area contributed by atoms with Crippen LogP contribution < -0.4 is 4.74 Å². The number of rotatable bonds is 5. The molecule has 2 saturated heterocycles. The summed E-state index contributed by atoms with van der Waals surface area (Å²) in [6.07, 6.45) is 1.30. The average molecular weight is 410 g/mol. The van der Waals surface area contributed by atoms with Crippen LogP contribution in [0.1, 0.15) is 38.3 Å². The van der Waals surface area contributed by atoms with E-state index >= 15 is 0 Å². The summed E-state index contributed by atoms with van der Waals surface area (Å²) in [4.78, 5) is 29.5. The number of β-lactam (4-membered cyclic amide) rings is 1. The normalized spacial score (nSPS) is 20.4. The predicted octanol–water partition coefficient (Wildman–Crippen LogP) is 3.81. The summed E-state index contributed by atoms with van der Waals surface area (Å²) >= 11 is 0. The molecule has 2 aliphatic heterocycles. The molecule has 1 atom stereocenters. The maximum absolute atomic E-state index is 13.1. The summed E-state index contributed by atoms with van der Waals surface area (Å²) < 4.78 is 18.5. The van der Waals surface area contributed by atoms with E-state index in [4.69, 9.17) is 4.74 Å². The molecule has 0 N–H and O–H groups in total. The molecule has 30 heavy (non-hydrogen) atoms. The number of likely N-dealkylation sites (tertiary alicyclic amines) is 2. The predicted molar refractivity (Wildman–Crippen MR) is 111 cm³/mol. The summed E-state index contributed by atoms with van der Waals surface area (Å²) in [5.74, 6) is 0.201. The first kappa shape index (κ1) is 20.4. The van der Waals surface area contributed by atoms with Crippen LogP contribution in [0.4, 0.5) is 4.39 Å². The van der Waals surface area contributed by atoms with Crippen LogP contribution in [0.25, 0.3) is 0 Å². The van der Waals surface area contributed by atoms with Crippen LogP contribution in [-0.4, -0.2) is 47.4 Å². The van der Waals surface area contributed by atoms with Crippen LogP contribution in [0.3, 0.4) is 0 Å². The van der Waals surface area contributed by atoms with Crippen molar-refractivity contribution < 1.29 is 18.7 Å². The highest BCUT2D eigenvalue weighted by atomic mass is 19.1. The van der Waals surface area contributed by atoms with Gasteiger partial charge in [0, 0.05) is 19.1 Å². The summed E-state index contributed by atoms with van der Waals surface area (Å²) in [5, 5.41) is 0. The number of halogens is 1. The molecule has 158 valence electrons. The number of hydrogen-bond acceptors (Lipinski definition) is 3. The second-order valence-electron chi connectivity index (χ2n) is 8.40. The first-order valence-corrected chi connectivity index (χ1v) is 10.5. The quantitative estimate of drug-likeness (QED) is 0.705. The van der Waals surface area contributed by atoms with Crippen molar-refractivity contribution in [1.29, 1.82) is 0 Å². The van der Waals surface area contributed by atoms with Crippen molar-refractivity contribution in [3.05, 3.63) is 66.0 Å². The maximum atomic E-state index is 13.1. The van der Waals surface area contributed by atoms with Crippen LogP contribution in [0, 0.1) is 11.2 Å². The second-order valence-corrected chi connectivity index (χ2v) is 8.40. The van der Waals surface area contributed by atoms with E-state index in [2.05, 4.69) is 12.1 Å². The standard InChI is InChI=1S/C24H27FN2O3/c1-17(2)27-22(18-6-4-3-5-7-18)24(23(27)29)12-14-26(15-13-24)21(28)16-30-20-10-8-19(25)9-11-20/h3-11,17,22H,12-16H2,1-2H3. The molecule has 2 aromatic rings. The molecule has 0 bridgehead atoms. The van der Waals surface area contributed by atoms with E-state index in [9.17, 15) is 14.0 Å². The summed E-state index contributed by atoms with van der Waals surface area (Å²) in [6, 6.07) is 16.0. The van der Waals surface area contributed by atoms with Crippen molar-refractivity contribution in [1.82, 2.24) is 9.80 Å².